The molecule has 0 heterocycles. The molecular weight excluding hydrogens is 212 g/mol. The number of aryl methyl sites for hydroxylation is 1. The number of hydrogen-bond donors (Lipinski definition) is 2. The van der Waals surface area contributed by atoms with E-state index in [0.29, 0.717) is 6.54 Å². The molecule has 1 aliphatic rings. The molecule has 17 heavy (non-hydrogen) atoms. The zero-order chi connectivity index (χ0) is 12.1. The van der Waals surface area contributed by atoms with E-state index in [4.69, 9.17) is 0 Å². The summed E-state index contributed by atoms with van der Waals surface area (Å²) in [6.45, 7) is 4.08. The summed E-state index contributed by atoms with van der Waals surface area (Å²) in [6.07, 6.45) is 2.55. The van der Waals surface area contributed by atoms with Gasteiger partial charge in [-0.1, -0.05) is 29.8 Å². The van der Waals surface area contributed by atoms with Gasteiger partial charge in [0.1, 0.15) is 0 Å². The molecule has 2 N–H and O–H groups in total. The summed E-state index contributed by atoms with van der Waals surface area (Å²) in [7, 11) is 0. The van der Waals surface area contributed by atoms with Gasteiger partial charge in [-0.05, 0) is 31.2 Å². The van der Waals surface area contributed by atoms with E-state index in [1.54, 1.807) is 0 Å². The van der Waals surface area contributed by atoms with Gasteiger partial charge in [0, 0.05) is 13.1 Å². The molecule has 0 saturated heterocycles. The van der Waals surface area contributed by atoms with Crippen LogP contribution < -0.4 is 10.6 Å². The van der Waals surface area contributed by atoms with Crippen molar-refractivity contribution < 1.29 is 4.79 Å². The highest BCUT2D eigenvalue weighted by molar-refractivity contribution is 5.77. The van der Waals surface area contributed by atoms with E-state index in [9.17, 15) is 4.79 Å². The van der Waals surface area contributed by atoms with Crippen molar-refractivity contribution >= 4 is 5.91 Å². The Balaban J connectivity index is 1.62. The van der Waals surface area contributed by atoms with E-state index in [2.05, 4.69) is 35.8 Å². The standard InChI is InChI=1S/C14H20N2O/c1-11-3-2-4-13(7-11)8-15-10-14(17)16-9-12-5-6-12/h2-4,7,12,15H,5-6,8-10H2,1H3,(H,16,17). The Morgan fingerprint density at radius 2 is 2.24 bits per heavy atom. The van der Waals surface area contributed by atoms with E-state index in [-0.39, 0.29) is 5.91 Å². The molecule has 2 rings (SSSR count). The van der Waals surface area contributed by atoms with Crippen LogP contribution in [0.4, 0.5) is 0 Å². The molecule has 1 aromatic carbocycles. The van der Waals surface area contributed by atoms with E-state index < -0.39 is 0 Å². The number of carbonyl (C=O) groups excluding carboxylic acids is 1. The first-order valence-corrected chi connectivity index (χ1v) is 6.27. The van der Waals surface area contributed by atoms with Gasteiger partial charge in [-0.15, -0.1) is 0 Å². The first-order chi connectivity index (χ1) is 8.24. The van der Waals surface area contributed by atoms with Gasteiger partial charge in [0.15, 0.2) is 0 Å². The van der Waals surface area contributed by atoms with Crippen LogP contribution in [0.1, 0.15) is 24.0 Å². The summed E-state index contributed by atoms with van der Waals surface area (Å²) in [6, 6.07) is 8.32. The van der Waals surface area contributed by atoms with E-state index >= 15 is 0 Å². The van der Waals surface area contributed by atoms with Crippen LogP contribution in [0.25, 0.3) is 0 Å². The van der Waals surface area contributed by atoms with Crippen molar-refractivity contribution in [3.8, 4) is 0 Å². The largest absolute Gasteiger partial charge is 0.355 e. The Kier molecular flexibility index (Phi) is 4.15. The Morgan fingerprint density at radius 3 is 2.94 bits per heavy atom. The smallest absolute Gasteiger partial charge is 0.233 e. The molecule has 92 valence electrons. The Labute approximate surface area is 103 Å². The highest BCUT2D eigenvalue weighted by Gasteiger charge is 2.21. The highest BCUT2D eigenvalue weighted by atomic mass is 16.1. The first-order valence-electron chi connectivity index (χ1n) is 6.27. The van der Waals surface area contributed by atoms with Gasteiger partial charge in [-0.3, -0.25) is 4.79 Å². The predicted molar refractivity (Wildman–Crippen MR) is 68.6 cm³/mol. The lowest BCUT2D eigenvalue weighted by molar-refractivity contribution is -0.120. The van der Waals surface area contributed by atoms with Crippen LogP contribution in [-0.4, -0.2) is 19.0 Å². The summed E-state index contributed by atoms with van der Waals surface area (Å²) in [4.78, 5) is 11.5. The average molecular weight is 232 g/mol. The third kappa shape index (κ3) is 4.57. The molecule has 0 unspecified atom stereocenters. The van der Waals surface area contributed by atoms with Crippen molar-refractivity contribution in [1.29, 1.82) is 0 Å². The number of hydrogen-bond acceptors (Lipinski definition) is 2. The number of rotatable bonds is 6. The van der Waals surface area contributed by atoms with Gasteiger partial charge in [0.05, 0.1) is 6.54 Å². The molecule has 0 atom stereocenters. The second-order valence-corrected chi connectivity index (χ2v) is 4.84. The minimum Gasteiger partial charge on any atom is -0.355 e. The van der Waals surface area contributed by atoms with Gasteiger partial charge in [-0.25, -0.2) is 0 Å². The Bertz CT molecular complexity index is 386. The maximum absolute atomic E-state index is 11.5. The quantitative estimate of drug-likeness (QED) is 0.782. The summed E-state index contributed by atoms with van der Waals surface area (Å²) in [5, 5.41) is 6.10. The summed E-state index contributed by atoms with van der Waals surface area (Å²) in [5.74, 6) is 0.847. The van der Waals surface area contributed by atoms with Crippen LogP contribution in [0.3, 0.4) is 0 Å². The van der Waals surface area contributed by atoms with Crippen LogP contribution >= 0.6 is 0 Å². The molecule has 3 heteroatoms. The van der Waals surface area contributed by atoms with Gasteiger partial charge < -0.3 is 10.6 Å². The lowest BCUT2D eigenvalue weighted by Crippen LogP contribution is -2.34. The second-order valence-electron chi connectivity index (χ2n) is 4.84. The third-order valence-electron chi connectivity index (χ3n) is 2.98. The van der Waals surface area contributed by atoms with Crippen molar-refractivity contribution in [2.75, 3.05) is 13.1 Å². The molecule has 1 saturated carbocycles. The lowest BCUT2D eigenvalue weighted by Gasteiger charge is -2.06. The molecule has 0 aromatic heterocycles. The molecule has 1 aromatic rings. The molecule has 1 fully saturated rings. The van der Waals surface area contributed by atoms with Gasteiger partial charge in [0.25, 0.3) is 0 Å². The normalized spacial score (nSPS) is 14.6. The van der Waals surface area contributed by atoms with Crippen molar-refractivity contribution in [2.24, 2.45) is 5.92 Å². The zero-order valence-electron chi connectivity index (χ0n) is 10.3. The van der Waals surface area contributed by atoms with E-state index in [1.807, 2.05) is 6.07 Å². The maximum atomic E-state index is 11.5. The van der Waals surface area contributed by atoms with Crippen molar-refractivity contribution in [1.82, 2.24) is 10.6 Å². The fourth-order valence-electron chi connectivity index (χ4n) is 1.79. The van der Waals surface area contributed by atoms with Crippen LogP contribution in [-0.2, 0) is 11.3 Å². The maximum Gasteiger partial charge on any atom is 0.233 e. The van der Waals surface area contributed by atoms with Crippen molar-refractivity contribution in [3.05, 3.63) is 35.4 Å². The SMILES string of the molecule is Cc1cccc(CNCC(=O)NCC2CC2)c1. The molecule has 0 radical (unpaired) electrons. The first kappa shape index (κ1) is 12.1. The number of nitrogens with one attached hydrogen (secondary N) is 2. The van der Waals surface area contributed by atoms with Gasteiger partial charge in [0.2, 0.25) is 5.91 Å². The summed E-state index contributed by atoms with van der Waals surface area (Å²) in [5.41, 5.74) is 2.47. The predicted octanol–water partition coefficient (Wildman–Crippen LogP) is 1.61. The molecule has 0 bridgehead atoms. The monoisotopic (exact) mass is 232 g/mol. The van der Waals surface area contributed by atoms with Crippen molar-refractivity contribution in [3.63, 3.8) is 0 Å². The van der Waals surface area contributed by atoms with Crippen LogP contribution in [0, 0.1) is 12.8 Å². The van der Waals surface area contributed by atoms with Crippen LogP contribution in [0.15, 0.2) is 24.3 Å². The Hall–Kier alpha value is -1.35. The number of benzene rings is 1. The molecule has 0 spiro atoms. The van der Waals surface area contributed by atoms with Crippen LogP contribution in [0.5, 0.6) is 0 Å². The second kappa shape index (κ2) is 5.82. The minimum absolute atomic E-state index is 0.101. The number of amides is 1. The van der Waals surface area contributed by atoms with Gasteiger partial charge in [-0.2, -0.15) is 0 Å². The molecule has 0 aliphatic heterocycles. The Morgan fingerprint density at radius 1 is 1.41 bits per heavy atom. The molecule has 3 nitrogen and oxygen atoms in total. The zero-order valence-corrected chi connectivity index (χ0v) is 10.3. The summed E-state index contributed by atoms with van der Waals surface area (Å²) >= 11 is 0. The molecule has 1 aliphatic carbocycles. The van der Waals surface area contributed by atoms with Gasteiger partial charge >= 0.3 is 0 Å². The molecular formula is C14H20N2O. The lowest BCUT2D eigenvalue weighted by atomic mass is 10.1. The minimum atomic E-state index is 0.101. The fourth-order valence-corrected chi connectivity index (χ4v) is 1.79. The van der Waals surface area contributed by atoms with E-state index in [1.165, 1.54) is 24.0 Å². The van der Waals surface area contributed by atoms with Crippen LogP contribution in [0.2, 0.25) is 0 Å². The molecule has 1 amide bonds. The van der Waals surface area contributed by atoms with Crippen molar-refractivity contribution in [2.45, 2.75) is 26.3 Å². The topological polar surface area (TPSA) is 41.1 Å². The fraction of sp³-hybridized carbons (Fsp3) is 0.500. The summed E-state index contributed by atoms with van der Waals surface area (Å²) < 4.78 is 0. The van der Waals surface area contributed by atoms with E-state index in [0.717, 1.165) is 19.0 Å². The highest BCUT2D eigenvalue weighted by Crippen LogP contribution is 2.27. The average Bonchev–Trinajstić information content (AvgIpc) is 3.10. The third-order valence-corrected chi connectivity index (χ3v) is 2.98. The number of carbonyl (C=O) groups is 1.